The van der Waals surface area contributed by atoms with Crippen LogP contribution in [0.4, 0.5) is 5.69 Å². The number of benzene rings is 2. The van der Waals surface area contributed by atoms with E-state index >= 15 is 0 Å². The minimum absolute atomic E-state index is 0.245. The van der Waals surface area contributed by atoms with Gasteiger partial charge in [-0.15, -0.1) is 11.8 Å². The zero-order valence-corrected chi connectivity index (χ0v) is 18.2. The Morgan fingerprint density at radius 1 is 1.06 bits per heavy atom. The Morgan fingerprint density at radius 2 is 1.90 bits per heavy atom. The second-order valence-corrected chi connectivity index (χ2v) is 9.05. The SMILES string of the molecule is CN=C(NCc1cccc(NC(=O)c2ccco2)c1)NCC1(Sc2ccccc2)CC1. The summed E-state index contributed by atoms with van der Waals surface area (Å²) in [4.78, 5) is 17.8. The van der Waals surface area contributed by atoms with Crippen LogP contribution in [0, 0.1) is 0 Å². The number of hydrogen-bond acceptors (Lipinski definition) is 4. The van der Waals surface area contributed by atoms with E-state index in [-0.39, 0.29) is 16.4 Å². The normalized spacial score (nSPS) is 14.7. The molecule has 0 bridgehead atoms. The van der Waals surface area contributed by atoms with E-state index in [2.05, 4.69) is 45.2 Å². The Labute approximate surface area is 186 Å². The van der Waals surface area contributed by atoms with E-state index in [9.17, 15) is 4.79 Å². The standard InChI is InChI=1S/C24H26N4O2S/c1-25-23(27-17-24(12-13-24)31-20-9-3-2-4-10-20)26-16-18-7-5-8-19(15-18)28-22(29)21-11-6-14-30-21/h2-11,14-15H,12-13,16-17H2,1H3,(H,28,29)(H2,25,26,27). The molecule has 1 aromatic heterocycles. The molecule has 7 heteroatoms. The van der Waals surface area contributed by atoms with Gasteiger partial charge < -0.3 is 20.4 Å². The minimum Gasteiger partial charge on any atom is -0.459 e. The van der Waals surface area contributed by atoms with Crippen molar-refractivity contribution in [2.75, 3.05) is 18.9 Å². The predicted molar refractivity (Wildman–Crippen MR) is 126 cm³/mol. The molecule has 0 radical (unpaired) electrons. The van der Waals surface area contributed by atoms with Gasteiger partial charge in [-0.1, -0.05) is 30.3 Å². The molecule has 0 atom stereocenters. The summed E-state index contributed by atoms with van der Waals surface area (Å²) in [7, 11) is 1.78. The Bertz CT molecular complexity index is 1030. The molecule has 3 aromatic rings. The van der Waals surface area contributed by atoms with Gasteiger partial charge in [-0.3, -0.25) is 9.79 Å². The number of amides is 1. The predicted octanol–water partition coefficient (Wildman–Crippen LogP) is 4.52. The van der Waals surface area contributed by atoms with Crippen molar-refractivity contribution in [3.63, 3.8) is 0 Å². The van der Waals surface area contributed by atoms with Crippen molar-refractivity contribution in [2.45, 2.75) is 29.0 Å². The third kappa shape index (κ3) is 5.92. The van der Waals surface area contributed by atoms with Gasteiger partial charge in [0.2, 0.25) is 0 Å². The number of thioether (sulfide) groups is 1. The maximum absolute atomic E-state index is 12.2. The fraction of sp³-hybridized carbons (Fsp3) is 0.250. The van der Waals surface area contributed by atoms with Crippen molar-refractivity contribution in [3.05, 3.63) is 84.3 Å². The second kappa shape index (κ2) is 9.75. The Hall–Kier alpha value is -3.19. The van der Waals surface area contributed by atoms with Crippen LogP contribution in [0.2, 0.25) is 0 Å². The molecule has 1 saturated carbocycles. The van der Waals surface area contributed by atoms with Crippen molar-refractivity contribution in [3.8, 4) is 0 Å². The monoisotopic (exact) mass is 434 g/mol. The molecule has 0 aliphatic heterocycles. The highest BCUT2D eigenvalue weighted by molar-refractivity contribution is 8.01. The van der Waals surface area contributed by atoms with Gasteiger partial charge in [0, 0.05) is 35.5 Å². The smallest absolute Gasteiger partial charge is 0.291 e. The van der Waals surface area contributed by atoms with Crippen LogP contribution >= 0.6 is 11.8 Å². The first-order valence-electron chi connectivity index (χ1n) is 10.3. The molecule has 1 heterocycles. The van der Waals surface area contributed by atoms with E-state index in [1.807, 2.05) is 42.1 Å². The van der Waals surface area contributed by atoms with Crippen molar-refractivity contribution in [1.29, 1.82) is 0 Å². The van der Waals surface area contributed by atoms with Gasteiger partial charge in [0.1, 0.15) is 0 Å². The molecule has 0 spiro atoms. The number of aliphatic imine (C=N–C) groups is 1. The van der Waals surface area contributed by atoms with Gasteiger partial charge >= 0.3 is 0 Å². The van der Waals surface area contributed by atoms with Crippen molar-refractivity contribution in [1.82, 2.24) is 10.6 Å². The molecule has 1 amide bonds. The van der Waals surface area contributed by atoms with Gasteiger partial charge in [0.25, 0.3) is 5.91 Å². The highest BCUT2D eigenvalue weighted by atomic mass is 32.2. The summed E-state index contributed by atoms with van der Waals surface area (Å²) < 4.78 is 5.38. The molecule has 1 fully saturated rings. The zero-order valence-electron chi connectivity index (χ0n) is 17.4. The number of rotatable bonds is 8. The van der Waals surface area contributed by atoms with Gasteiger partial charge in [0.05, 0.1) is 6.26 Å². The fourth-order valence-corrected chi connectivity index (χ4v) is 4.45. The first-order valence-corrected chi connectivity index (χ1v) is 11.1. The summed E-state index contributed by atoms with van der Waals surface area (Å²) in [6, 6.07) is 21.6. The molecule has 1 aliphatic rings. The Kier molecular flexibility index (Phi) is 6.62. The highest BCUT2D eigenvalue weighted by Crippen LogP contribution is 2.51. The van der Waals surface area contributed by atoms with Crippen LogP contribution in [-0.4, -0.2) is 30.2 Å². The molecule has 1 aliphatic carbocycles. The molecular formula is C24H26N4O2S. The number of hydrogen-bond donors (Lipinski definition) is 3. The van der Waals surface area contributed by atoms with Crippen LogP contribution in [-0.2, 0) is 6.54 Å². The van der Waals surface area contributed by atoms with Crippen LogP contribution in [0.15, 0.2) is 87.3 Å². The number of carbonyl (C=O) groups excluding carboxylic acids is 1. The lowest BCUT2D eigenvalue weighted by Gasteiger charge is -2.18. The first-order chi connectivity index (χ1) is 15.2. The van der Waals surface area contributed by atoms with Crippen LogP contribution < -0.4 is 16.0 Å². The molecule has 4 rings (SSSR count). The fourth-order valence-electron chi connectivity index (χ4n) is 3.20. The Morgan fingerprint density at radius 3 is 2.61 bits per heavy atom. The molecule has 160 valence electrons. The molecule has 6 nitrogen and oxygen atoms in total. The van der Waals surface area contributed by atoms with Gasteiger partial charge in [0.15, 0.2) is 11.7 Å². The van der Waals surface area contributed by atoms with E-state index in [4.69, 9.17) is 4.42 Å². The van der Waals surface area contributed by atoms with Gasteiger partial charge in [-0.2, -0.15) is 0 Å². The van der Waals surface area contributed by atoms with Gasteiger partial charge in [-0.05, 0) is 54.8 Å². The van der Waals surface area contributed by atoms with Crippen LogP contribution in [0.1, 0.15) is 29.0 Å². The average Bonchev–Trinajstić information content (AvgIpc) is 3.32. The number of anilines is 1. The van der Waals surface area contributed by atoms with E-state index in [1.54, 1.807) is 19.2 Å². The summed E-state index contributed by atoms with van der Waals surface area (Å²) in [6.45, 7) is 1.47. The molecule has 2 aromatic carbocycles. The number of furan rings is 1. The summed E-state index contributed by atoms with van der Waals surface area (Å²) in [5.74, 6) is 0.790. The maximum atomic E-state index is 12.2. The van der Waals surface area contributed by atoms with E-state index in [0.717, 1.165) is 23.8 Å². The second-order valence-electron chi connectivity index (χ2n) is 7.51. The molecular weight excluding hydrogens is 408 g/mol. The average molecular weight is 435 g/mol. The Balaban J connectivity index is 1.27. The molecule has 31 heavy (non-hydrogen) atoms. The summed E-state index contributed by atoms with van der Waals surface area (Å²) in [5, 5.41) is 9.67. The lowest BCUT2D eigenvalue weighted by molar-refractivity contribution is 0.0996. The van der Waals surface area contributed by atoms with Crippen LogP contribution in [0.5, 0.6) is 0 Å². The zero-order chi connectivity index (χ0) is 21.5. The summed E-state index contributed by atoms with van der Waals surface area (Å²) in [5.41, 5.74) is 1.76. The quantitative estimate of drug-likeness (QED) is 0.359. The number of nitrogens with one attached hydrogen (secondary N) is 3. The van der Waals surface area contributed by atoms with Crippen molar-refractivity contribution in [2.24, 2.45) is 4.99 Å². The topological polar surface area (TPSA) is 78.7 Å². The minimum atomic E-state index is -0.266. The summed E-state index contributed by atoms with van der Waals surface area (Å²) in [6.07, 6.45) is 3.89. The molecule has 0 unspecified atom stereocenters. The van der Waals surface area contributed by atoms with Gasteiger partial charge in [-0.25, -0.2) is 0 Å². The third-order valence-electron chi connectivity index (χ3n) is 5.08. The van der Waals surface area contributed by atoms with Crippen molar-refractivity contribution >= 4 is 29.3 Å². The lowest BCUT2D eigenvalue weighted by Crippen LogP contribution is -2.40. The van der Waals surface area contributed by atoms with E-state index < -0.39 is 0 Å². The van der Waals surface area contributed by atoms with E-state index in [1.165, 1.54) is 24.0 Å². The third-order valence-corrected chi connectivity index (χ3v) is 6.57. The van der Waals surface area contributed by atoms with Crippen molar-refractivity contribution < 1.29 is 9.21 Å². The molecule has 0 saturated heterocycles. The lowest BCUT2D eigenvalue weighted by atomic mass is 10.2. The first kappa shape index (κ1) is 21.1. The molecule has 3 N–H and O–H groups in total. The summed E-state index contributed by atoms with van der Waals surface area (Å²) >= 11 is 1.94. The largest absolute Gasteiger partial charge is 0.459 e. The maximum Gasteiger partial charge on any atom is 0.291 e. The van der Waals surface area contributed by atoms with Crippen LogP contribution in [0.3, 0.4) is 0 Å². The number of nitrogens with zero attached hydrogens (tertiary/aromatic N) is 1. The van der Waals surface area contributed by atoms with Crippen LogP contribution in [0.25, 0.3) is 0 Å². The number of guanidine groups is 1. The highest BCUT2D eigenvalue weighted by Gasteiger charge is 2.43. The van der Waals surface area contributed by atoms with E-state index in [0.29, 0.717) is 6.54 Å². The number of carbonyl (C=O) groups is 1.